The van der Waals surface area contributed by atoms with Crippen LogP contribution in [-0.4, -0.2) is 36.7 Å². The van der Waals surface area contributed by atoms with E-state index in [0.717, 1.165) is 27.6 Å². The number of carbonyl (C=O) groups is 1. The summed E-state index contributed by atoms with van der Waals surface area (Å²) in [4.78, 5) is 23.0. The summed E-state index contributed by atoms with van der Waals surface area (Å²) in [5, 5.41) is 10.9. The molecule has 1 unspecified atom stereocenters. The number of nitrogens with zero attached hydrogens (tertiary/aromatic N) is 2. The molecule has 0 radical (unpaired) electrons. The first-order valence-corrected chi connectivity index (χ1v) is 10.7. The van der Waals surface area contributed by atoms with E-state index >= 15 is 0 Å². The Kier molecular flexibility index (Phi) is 4.57. The van der Waals surface area contributed by atoms with Crippen molar-refractivity contribution < 1.29 is 22.9 Å². The molecule has 1 saturated heterocycles. The largest absolute Gasteiger partial charge is 0.497 e. The number of methoxy groups -OCH3 is 1. The zero-order valence-corrected chi connectivity index (χ0v) is 16.8. The normalized spacial score (nSPS) is 23.4. The SMILES string of the molecule is COc1ccc2c(c1)C[C@@H]1C(C)[C@H]2CC(=O)N1S(=O)(=O)c1ccc([N+](=O)[O-])cc1. The quantitative estimate of drug-likeness (QED) is 0.560. The second-order valence-corrected chi connectivity index (χ2v) is 9.27. The number of rotatable bonds is 4. The molecule has 152 valence electrons. The number of hydrogen-bond acceptors (Lipinski definition) is 6. The van der Waals surface area contributed by atoms with Gasteiger partial charge in [-0.1, -0.05) is 13.0 Å². The number of nitro groups is 1. The zero-order valence-electron chi connectivity index (χ0n) is 15.9. The molecule has 1 aliphatic carbocycles. The lowest BCUT2D eigenvalue weighted by Crippen LogP contribution is -2.56. The molecule has 2 bridgehead atoms. The third kappa shape index (κ3) is 3.05. The van der Waals surface area contributed by atoms with Crippen molar-refractivity contribution in [1.82, 2.24) is 4.31 Å². The molecule has 29 heavy (non-hydrogen) atoms. The Labute approximate surface area is 168 Å². The van der Waals surface area contributed by atoms with Gasteiger partial charge in [-0.25, -0.2) is 12.7 Å². The standard InChI is InChI=1S/C20H20N2O6S/c1-12-18-11-20(23)21(19(12)10-13-9-15(28-2)5-8-17(13)18)29(26,27)16-6-3-14(4-7-16)22(24)25/h3-9,12,18-19H,10-11H2,1-2H3/t12?,18-,19-/m1/s1. The van der Waals surface area contributed by atoms with Crippen LogP contribution in [0.1, 0.15) is 30.4 Å². The Bertz CT molecular complexity index is 1100. The third-order valence-electron chi connectivity index (χ3n) is 5.97. The van der Waals surface area contributed by atoms with Gasteiger partial charge in [0.25, 0.3) is 15.7 Å². The van der Waals surface area contributed by atoms with Gasteiger partial charge in [0, 0.05) is 18.6 Å². The van der Waals surface area contributed by atoms with Gasteiger partial charge in [0.05, 0.1) is 23.0 Å². The molecule has 9 heteroatoms. The summed E-state index contributed by atoms with van der Waals surface area (Å²) >= 11 is 0. The first-order valence-electron chi connectivity index (χ1n) is 9.22. The van der Waals surface area contributed by atoms with Crippen molar-refractivity contribution in [3.05, 3.63) is 63.7 Å². The molecule has 4 rings (SSSR count). The van der Waals surface area contributed by atoms with Crippen molar-refractivity contribution in [1.29, 1.82) is 0 Å². The molecule has 3 atom stereocenters. The molecule has 0 spiro atoms. The molecule has 1 fully saturated rings. The van der Waals surface area contributed by atoms with Gasteiger partial charge in [-0.05, 0) is 53.6 Å². The Hall–Kier alpha value is -2.94. The van der Waals surface area contributed by atoms with E-state index in [0.29, 0.717) is 12.2 Å². The topological polar surface area (TPSA) is 107 Å². The lowest BCUT2D eigenvalue weighted by atomic mass is 9.69. The van der Waals surface area contributed by atoms with Crippen LogP contribution in [0.4, 0.5) is 5.69 Å². The minimum Gasteiger partial charge on any atom is -0.497 e. The monoisotopic (exact) mass is 416 g/mol. The zero-order chi connectivity index (χ0) is 20.9. The van der Waals surface area contributed by atoms with Crippen LogP contribution in [0.5, 0.6) is 5.75 Å². The van der Waals surface area contributed by atoms with Gasteiger partial charge in [-0.2, -0.15) is 0 Å². The number of fused-ring (bicyclic) bond motifs is 4. The molecule has 2 aromatic rings. The molecule has 1 amide bonds. The lowest BCUT2D eigenvalue weighted by Gasteiger charge is -2.47. The smallest absolute Gasteiger partial charge is 0.269 e. The fraction of sp³-hybridized carbons (Fsp3) is 0.350. The highest BCUT2D eigenvalue weighted by Crippen LogP contribution is 2.46. The van der Waals surface area contributed by atoms with Crippen LogP contribution < -0.4 is 4.74 Å². The molecule has 0 saturated carbocycles. The molecule has 1 aliphatic heterocycles. The molecule has 0 aromatic heterocycles. The van der Waals surface area contributed by atoms with Crippen molar-refractivity contribution in [2.24, 2.45) is 5.92 Å². The average molecular weight is 416 g/mol. The summed E-state index contributed by atoms with van der Waals surface area (Å²) in [5.74, 6) is 0.150. The number of amides is 1. The second kappa shape index (κ2) is 6.84. The summed E-state index contributed by atoms with van der Waals surface area (Å²) in [6.07, 6.45) is 0.505. The van der Waals surface area contributed by atoms with Crippen molar-refractivity contribution in [2.45, 2.75) is 36.6 Å². The maximum atomic E-state index is 13.3. The number of sulfonamides is 1. The number of piperidine rings is 1. The maximum Gasteiger partial charge on any atom is 0.269 e. The average Bonchev–Trinajstić information content (AvgIpc) is 2.69. The molecular weight excluding hydrogens is 396 g/mol. The van der Waals surface area contributed by atoms with E-state index in [4.69, 9.17) is 4.74 Å². The number of benzene rings is 2. The molecule has 1 heterocycles. The highest BCUT2D eigenvalue weighted by Gasteiger charge is 2.49. The molecule has 8 nitrogen and oxygen atoms in total. The van der Waals surface area contributed by atoms with E-state index in [9.17, 15) is 23.3 Å². The Morgan fingerprint density at radius 2 is 1.83 bits per heavy atom. The van der Waals surface area contributed by atoms with E-state index in [2.05, 4.69) is 0 Å². The number of non-ortho nitro benzene ring substituents is 1. The number of carbonyl (C=O) groups excluding carboxylic acids is 1. The van der Waals surface area contributed by atoms with Gasteiger partial charge >= 0.3 is 0 Å². The van der Waals surface area contributed by atoms with Crippen LogP contribution in [-0.2, 0) is 21.2 Å². The fourth-order valence-corrected chi connectivity index (χ4v) is 6.10. The molecule has 0 N–H and O–H groups in total. The highest BCUT2D eigenvalue weighted by atomic mass is 32.2. The van der Waals surface area contributed by atoms with Gasteiger partial charge < -0.3 is 4.74 Å². The van der Waals surface area contributed by atoms with E-state index in [-0.39, 0.29) is 28.8 Å². The van der Waals surface area contributed by atoms with Crippen LogP contribution in [0.25, 0.3) is 0 Å². The summed E-state index contributed by atoms with van der Waals surface area (Å²) in [6, 6.07) is 9.82. The van der Waals surface area contributed by atoms with E-state index < -0.39 is 26.9 Å². The summed E-state index contributed by atoms with van der Waals surface area (Å²) < 4.78 is 32.8. The fourth-order valence-electron chi connectivity index (χ4n) is 4.43. The minimum atomic E-state index is -4.13. The van der Waals surface area contributed by atoms with Crippen molar-refractivity contribution in [3.63, 3.8) is 0 Å². The van der Waals surface area contributed by atoms with Crippen molar-refractivity contribution in [2.75, 3.05) is 7.11 Å². The predicted molar refractivity (Wildman–Crippen MR) is 104 cm³/mol. The van der Waals surface area contributed by atoms with Crippen molar-refractivity contribution in [3.8, 4) is 5.75 Å². The van der Waals surface area contributed by atoms with Gasteiger partial charge in [0.1, 0.15) is 5.75 Å². The number of hydrogen-bond donors (Lipinski definition) is 0. The first kappa shape index (κ1) is 19.4. The maximum absolute atomic E-state index is 13.3. The van der Waals surface area contributed by atoms with E-state index in [1.54, 1.807) is 7.11 Å². The summed E-state index contributed by atoms with van der Waals surface area (Å²) in [6.45, 7) is 1.97. The van der Waals surface area contributed by atoms with Gasteiger partial charge in [-0.3, -0.25) is 14.9 Å². The predicted octanol–water partition coefficient (Wildman–Crippen LogP) is 2.87. The van der Waals surface area contributed by atoms with Crippen LogP contribution in [0.3, 0.4) is 0 Å². The highest BCUT2D eigenvalue weighted by molar-refractivity contribution is 7.89. The van der Waals surface area contributed by atoms with Crippen LogP contribution in [0, 0.1) is 16.0 Å². The summed E-state index contributed by atoms with van der Waals surface area (Å²) in [7, 11) is -2.55. The lowest BCUT2D eigenvalue weighted by molar-refractivity contribution is -0.384. The van der Waals surface area contributed by atoms with Gasteiger partial charge in [0.2, 0.25) is 5.91 Å². The number of ether oxygens (including phenoxy) is 1. The Morgan fingerprint density at radius 1 is 1.14 bits per heavy atom. The van der Waals surface area contributed by atoms with E-state index in [1.165, 1.54) is 12.1 Å². The van der Waals surface area contributed by atoms with Crippen molar-refractivity contribution >= 4 is 21.6 Å². The van der Waals surface area contributed by atoms with Crippen LogP contribution in [0.2, 0.25) is 0 Å². The first-order chi connectivity index (χ1) is 13.7. The van der Waals surface area contributed by atoms with Crippen LogP contribution >= 0.6 is 0 Å². The summed E-state index contributed by atoms with van der Waals surface area (Å²) in [5.41, 5.74) is 1.84. The number of nitro benzene ring substituents is 1. The molecule has 2 aromatic carbocycles. The van der Waals surface area contributed by atoms with Crippen LogP contribution in [0.15, 0.2) is 47.4 Å². The third-order valence-corrected chi connectivity index (χ3v) is 7.83. The molecule has 2 aliphatic rings. The molecular formula is C20H20N2O6S. The van der Waals surface area contributed by atoms with Gasteiger partial charge in [-0.15, -0.1) is 0 Å². The van der Waals surface area contributed by atoms with E-state index in [1.807, 2.05) is 25.1 Å². The second-order valence-electron chi connectivity index (χ2n) is 7.45. The van der Waals surface area contributed by atoms with Gasteiger partial charge in [0.15, 0.2) is 0 Å². The minimum absolute atomic E-state index is 0.0404. The Balaban J connectivity index is 1.75. The Morgan fingerprint density at radius 3 is 2.45 bits per heavy atom.